The summed E-state index contributed by atoms with van der Waals surface area (Å²) in [6, 6.07) is 4.59. The van der Waals surface area contributed by atoms with Gasteiger partial charge in [-0.3, -0.25) is 0 Å². The molecule has 0 saturated heterocycles. The van der Waals surface area contributed by atoms with Crippen LogP contribution in [0.3, 0.4) is 0 Å². The maximum Gasteiger partial charge on any atom is 0.182 e. The van der Waals surface area contributed by atoms with Crippen molar-refractivity contribution in [1.82, 2.24) is 5.16 Å². The van der Waals surface area contributed by atoms with E-state index < -0.39 is 0 Å². The lowest BCUT2D eigenvalue weighted by atomic mass is 10.2. The molecule has 2 rings (SSSR count). The van der Waals surface area contributed by atoms with Crippen LogP contribution in [0.1, 0.15) is 0 Å². The Balaban J connectivity index is 2.55. The van der Waals surface area contributed by atoms with Gasteiger partial charge >= 0.3 is 0 Å². The average Bonchev–Trinajstić information content (AvgIpc) is 2.53. The van der Waals surface area contributed by atoms with Crippen molar-refractivity contribution in [3.8, 4) is 11.3 Å². The van der Waals surface area contributed by atoms with E-state index in [1.165, 1.54) is 6.07 Å². The maximum atomic E-state index is 13.0. The first-order valence-corrected chi connectivity index (χ1v) is 5.83. The summed E-state index contributed by atoms with van der Waals surface area (Å²) in [6.07, 6.45) is 0. The van der Waals surface area contributed by atoms with Gasteiger partial charge in [0.15, 0.2) is 11.6 Å². The molecule has 0 aliphatic carbocycles. The van der Waals surface area contributed by atoms with E-state index in [0.717, 1.165) is 9.13 Å². The number of aromatic nitrogens is 1. The highest BCUT2D eigenvalue weighted by Crippen LogP contribution is 2.31. The van der Waals surface area contributed by atoms with Crippen LogP contribution in [0.2, 0.25) is 0 Å². The third-order valence-corrected chi connectivity index (χ3v) is 3.49. The molecule has 0 radical (unpaired) electrons. The Labute approximate surface area is 107 Å². The normalized spacial score (nSPS) is 10.6. The van der Waals surface area contributed by atoms with E-state index >= 15 is 0 Å². The van der Waals surface area contributed by atoms with Crippen LogP contribution in [0.25, 0.3) is 11.3 Å². The predicted octanol–water partition coefficient (Wildman–Crippen LogP) is 3.43. The van der Waals surface area contributed by atoms with Crippen LogP contribution in [0, 0.1) is 9.39 Å². The molecule has 2 N–H and O–H groups in total. The highest BCUT2D eigenvalue weighted by Gasteiger charge is 2.13. The molecule has 3 nitrogen and oxygen atoms in total. The second kappa shape index (κ2) is 4.09. The fraction of sp³-hybridized carbons (Fsp3) is 0. The van der Waals surface area contributed by atoms with Crippen LogP contribution in [-0.4, -0.2) is 5.16 Å². The van der Waals surface area contributed by atoms with Crippen molar-refractivity contribution in [2.24, 2.45) is 0 Å². The summed E-state index contributed by atoms with van der Waals surface area (Å²) in [7, 11) is 0. The minimum atomic E-state index is -0.318. The topological polar surface area (TPSA) is 52.0 Å². The highest BCUT2D eigenvalue weighted by molar-refractivity contribution is 14.1. The summed E-state index contributed by atoms with van der Waals surface area (Å²) in [5.41, 5.74) is 6.28. The van der Waals surface area contributed by atoms with Crippen molar-refractivity contribution < 1.29 is 8.91 Å². The minimum Gasteiger partial charge on any atom is -0.380 e. The first kappa shape index (κ1) is 10.9. The van der Waals surface area contributed by atoms with Gasteiger partial charge in [-0.05, 0) is 56.7 Å². The quantitative estimate of drug-likeness (QED) is 0.769. The molecular weight excluding hydrogens is 378 g/mol. The van der Waals surface area contributed by atoms with Gasteiger partial charge in [-0.2, -0.15) is 0 Å². The summed E-state index contributed by atoms with van der Waals surface area (Å²) in [6.45, 7) is 0. The third kappa shape index (κ3) is 2.00. The van der Waals surface area contributed by atoms with Gasteiger partial charge in [0.1, 0.15) is 9.39 Å². The van der Waals surface area contributed by atoms with E-state index in [2.05, 4.69) is 21.1 Å². The number of anilines is 1. The van der Waals surface area contributed by atoms with Gasteiger partial charge in [0.2, 0.25) is 0 Å². The smallest absolute Gasteiger partial charge is 0.182 e. The zero-order valence-corrected chi connectivity index (χ0v) is 11.0. The molecule has 0 bridgehead atoms. The van der Waals surface area contributed by atoms with Gasteiger partial charge in [-0.25, -0.2) is 4.39 Å². The predicted molar refractivity (Wildman–Crippen MR) is 66.7 cm³/mol. The van der Waals surface area contributed by atoms with E-state index in [0.29, 0.717) is 16.1 Å². The second-order valence-corrected chi connectivity index (χ2v) is 4.77. The fourth-order valence-corrected chi connectivity index (χ4v) is 2.00. The number of hydrogen-bond acceptors (Lipinski definition) is 3. The molecule has 78 valence electrons. The summed E-state index contributed by atoms with van der Waals surface area (Å²) < 4.78 is 19.2. The zero-order valence-electron chi connectivity index (χ0n) is 7.30. The number of halogens is 3. The maximum absolute atomic E-state index is 13.0. The lowest BCUT2D eigenvalue weighted by Crippen LogP contribution is -1.86. The lowest BCUT2D eigenvalue weighted by molar-refractivity contribution is 0.435. The van der Waals surface area contributed by atoms with Crippen molar-refractivity contribution in [3.05, 3.63) is 32.1 Å². The Morgan fingerprint density at radius 3 is 2.73 bits per heavy atom. The minimum absolute atomic E-state index is 0.318. The largest absolute Gasteiger partial charge is 0.380 e. The van der Waals surface area contributed by atoms with Crippen LogP contribution in [0.15, 0.2) is 27.2 Å². The van der Waals surface area contributed by atoms with E-state index in [4.69, 9.17) is 10.3 Å². The van der Waals surface area contributed by atoms with Crippen LogP contribution >= 0.6 is 38.5 Å². The number of nitrogens with zero attached hydrogens (tertiary/aromatic N) is 1. The number of benzene rings is 1. The zero-order chi connectivity index (χ0) is 11.0. The number of nitrogens with two attached hydrogens (primary N) is 1. The molecule has 1 aromatic carbocycles. The molecule has 2 aromatic rings. The van der Waals surface area contributed by atoms with E-state index in [1.807, 2.05) is 22.6 Å². The van der Waals surface area contributed by atoms with Crippen LogP contribution < -0.4 is 5.73 Å². The molecule has 0 fully saturated rings. The SMILES string of the molecule is Nc1noc(-c2ccc(F)c(Br)c2)c1I. The summed E-state index contributed by atoms with van der Waals surface area (Å²) in [5, 5.41) is 3.63. The lowest BCUT2D eigenvalue weighted by Gasteiger charge is -1.98. The van der Waals surface area contributed by atoms with Crippen molar-refractivity contribution in [2.75, 3.05) is 5.73 Å². The molecule has 0 aliphatic rings. The Morgan fingerprint density at radius 2 is 2.20 bits per heavy atom. The van der Waals surface area contributed by atoms with E-state index in [1.54, 1.807) is 12.1 Å². The summed E-state index contributed by atoms with van der Waals surface area (Å²) in [5.74, 6) is 0.570. The van der Waals surface area contributed by atoms with Gasteiger partial charge in [0.25, 0.3) is 0 Å². The monoisotopic (exact) mass is 382 g/mol. The van der Waals surface area contributed by atoms with Gasteiger partial charge in [-0.15, -0.1) is 0 Å². The van der Waals surface area contributed by atoms with Crippen LogP contribution in [0.4, 0.5) is 10.2 Å². The Hall–Kier alpha value is -0.630. The standard InChI is InChI=1S/C9H5BrFIN2O/c10-5-3-4(1-2-6(5)11)8-7(12)9(13)14-15-8/h1-3H,(H2,13,14). The van der Waals surface area contributed by atoms with Crippen LogP contribution in [-0.2, 0) is 0 Å². The Morgan fingerprint density at radius 1 is 1.47 bits per heavy atom. The number of hydrogen-bond donors (Lipinski definition) is 1. The molecular formula is C9H5BrFIN2O. The highest BCUT2D eigenvalue weighted by atomic mass is 127. The number of rotatable bonds is 1. The summed E-state index contributed by atoms with van der Waals surface area (Å²) in [4.78, 5) is 0. The van der Waals surface area contributed by atoms with Gasteiger partial charge in [0.05, 0.1) is 4.47 Å². The Kier molecular flexibility index (Phi) is 2.96. The molecule has 0 unspecified atom stereocenters. The molecule has 0 amide bonds. The van der Waals surface area contributed by atoms with Gasteiger partial charge in [-0.1, -0.05) is 5.16 Å². The second-order valence-electron chi connectivity index (χ2n) is 2.84. The van der Waals surface area contributed by atoms with E-state index in [9.17, 15) is 4.39 Å². The van der Waals surface area contributed by atoms with Crippen molar-refractivity contribution in [1.29, 1.82) is 0 Å². The van der Waals surface area contributed by atoms with Crippen molar-refractivity contribution in [2.45, 2.75) is 0 Å². The molecule has 15 heavy (non-hydrogen) atoms. The molecule has 6 heteroatoms. The van der Waals surface area contributed by atoms with Crippen LogP contribution in [0.5, 0.6) is 0 Å². The molecule has 0 atom stereocenters. The van der Waals surface area contributed by atoms with Gasteiger partial charge < -0.3 is 10.3 Å². The molecule has 0 saturated carbocycles. The molecule has 1 heterocycles. The van der Waals surface area contributed by atoms with Gasteiger partial charge in [0, 0.05) is 5.56 Å². The molecule has 1 aromatic heterocycles. The number of nitrogen functional groups attached to an aromatic ring is 1. The van der Waals surface area contributed by atoms with Crippen molar-refractivity contribution >= 4 is 44.3 Å². The fourth-order valence-electron chi connectivity index (χ4n) is 1.11. The third-order valence-electron chi connectivity index (χ3n) is 1.84. The average molecular weight is 383 g/mol. The van der Waals surface area contributed by atoms with Crippen molar-refractivity contribution in [3.63, 3.8) is 0 Å². The molecule has 0 spiro atoms. The van der Waals surface area contributed by atoms with E-state index in [-0.39, 0.29) is 5.82 Å². The first-order chi connectivity index (χ1) is 7.09. The summed E-state index contributed by atoms with van der Waals surface area (Å²) >= 11 is 5.14. The molecule has 0 aliphatic heterocycles. The Bertz CT molecular complexity index is 515. The first-order valence-electron chi connectivity index (χ1n) is 3.95.